The Balaban J connectivity index is 0.00000204. The first kappa shape index (κ1) is 30.3. The van der Waals surface area contributed by atoms with Gasteiger partial charge in [0.05, 0.1) is 18.5 Å². The number of carbonyl (C=O) groups excluding carboxylic acids is 1. The van der Waals surface area contributed by atoms with E-state index in [2.05, 4.69) is 25.6 Å². The second-order valence-electron chi connectivity index (χ2n) is 8.83. The molecule has 196 valence electrons. The van der Waals surface area contributed by atoms with E-state index in [4.69, 9.17) is 4.74 Å². The van der Waals surface area contributed by atoms with Gasteiger partial charge >= 0.3 is 0 Å². The van der Waals surface area contributed by atoms with Crippen molar-refractivity contribution in [2.24, 2.45) is 11.8 Å². The summed E-state index contributed by atoms with van der Waals surface area (Å²) in [4.78, 5) is 27.3. The van der Waals surface area contributed by atoms with E-state index in [1.54, 1.807) is 0 Å². The smallest absolute Gasteiger partial charge is 0.280 e. The zero-order valence-corrected chi connectivity index (χ0v) is 20.1. The van der Waals surface area contributed by atoms with Crippen LogP contribution in [-0.4, -0.2) is 46.6 Å². The summed E-state index contributed by atoms with van der Waals surface area (Å²) < 4.78 is 30.8. The lowest BCUT2D eigenvalue weighted by Gasteiger charge is -2.38. The van der Waals surface area contributed by atoms with Crippen LogP contribution in [0.5, 0.6) is 5.75 Å². The molecule has 2 aliphatic rings. The Morgan fingerprint density at radius 2 is 1.91 bits per heavy atom. The number of aromatic nitrogens is 3. The van der Waals surface area contributed by atoms with Crippen LogP contribution in [0.15, 0.2) is 18.3 Å². The Kier molecular flexibility index (Phi) is 10.7. The Hall–Kier alpha value is -2.69. The summed E-state index contributed by atoms with van der Waals surface area (Å²) in [6.45, 7) is 6.39. The Labute approximate surface area is 213 Å². The summed E-state index contributed by atoms with van der Waals surface area (Å²) in [5, 5.41) is 6.33. The van der Waals surface area contributed by atoms with Crippen LogP contribution < -0.4 is 20.3 Å². The zero-order valence-electron chi connectivity index (χ0n) is 19.1. The lowest BCUT2D eigenvalue weighted by atomic mass is 9.81. The minimum atomic E-state index is -2.58. The summed E-state index contributed by atoms with van der Waals surface area (Å²) in [5.41, 5.74) is 1.13. The van der Waals surface area contributed by atoms with E-state index in [0.717, 1.165) is 24.4 Å². The number of amides is 1. The fourth-order valence-electron chi connectivity index (χ4n) is 4.27. The van der Waals surface area contributed by atoms with Crippen molar-refractivity contribution in [3.63, 3.8) is 0 Å². The third kappa shape index (κ3) is 6.50. The second kappa shape index (κ2) is 12.3. The van der Waals surface area contributed by atoms with Crippen LogP contribution in [0.3, 0.4) is 0 Å². The van der Waals surface area contributed by atoms with E-state index in [0.29, 0.717) is 29.9 Å². The average molecular weight is 513 g/mol. The van der Waals surface area contributed by atoms with Crippen LogP contribution in [0, 0.1) is 18.8 Å². The number of anilines is 3. The molecular weight excluding hydrogens is 474 g/mol. The SMILES string of the molecule is C.C.Cc1nc(NC2CC(COc3ccc(C(F)F)nc3)C2)nc2c1NC(=O)[C@H](C(C)C)N2C.S. The Bertz CT molecular complexity index is 987. The van der Waals surface area contributed by atoms with Gasteiger partial charge in [-0.1, -0.05) is 28.7 Å². The number of nitrogens with zero attached hydrogens (tertiary/aromatic N) is 4. The van der Waals surface area contributed by atoms with Crippen LogP contribution in [0.1, 0.15) is 59.4 Å². The Morgan fingerprint density at radius 1 is 1.23 bits per heavy atom. The Morgan fingerprint density at radius 3 is 2.49 bits per heavy atom. The third-order valence-corrected chi connectivity index (χ3v) is 6.01. The predicted octanol–water partition coefficient (Wildman–Crippen LogP) is 5.19. The topological polar surface area (TPSA) is 92.3 Å². The first-order chi connectivity index (χ1) is 15.2. The number of pyridine rings is 1. The van der Waals surface area contributed by atoms with Crippen molar-refractivity contribution < 1.29 is 18.3 Å². The molecule has 1 saturated carbocycles. The number of nitrogens with one attached hydrogen (secondary N) is 2. The van der Waals surface area contributed by atoms with E-state index in [9.17, 15) is 13.6 Å². The van der Waals surface area contributed by atoms with Crippen LogP contribution in [0.2, 0.25) is 0 Å². The largest absolute Gasteiger partial charge is 0.492 e. The molecule has 1 amide bonds. The molecule has 11 heteroatoms. The van der Waals surface area contributed by atoms with Crippen LogP contribution >= 0.6 is 13.5 Å². The molecule has 2 aromatic heterocycles. The molecule has 2 aromatic rings. The van der Waals surface area contributed by atoms with Crippen molar-refractivity contribution in [3.8, 4) is 5.75 Å². The molecule has 0 spiro atoms. The molecule has 0 bridgehead atoms. The maximum atomic E-state index is 12.6. The van der Waals surface area contributed by atoms with Crippen molar-refractivity contribution in [1.82, 2.24) is 15.0 Å². The molecule has 35 heavy (non-hydrogen) atoms. The van der Waals surface area contributed by atoms with Crippen molar-refractivity contribution in [1.29, 1.82) is 0 Å². The molecule has 4 rings (SSSR count). The molecule has 0 unspecified atom stereocenters. The fourth-order valence-corrected chi connectivity index (χ4v) is 4.27. The van der Waals surface area contributed by atoms with E-state index in [-0.39, 0.29) is 58.0 Å². The maximum Gasteiger partial charge on any atom is 0.280 e. The van der Waals surface area contributed by atoms with Gasteiger partial charge in [-0.3, -0.25) is 9.78 Å². The van der Waals surface area contributed by atoms with Crippen molar-refractivity contribution >= 4 is 36.9 Å². The minimum absolute atomic E-state index is 0. The highest BCUT2D eigenvalue weighted by molar-refractivity contribution is 7.59. The quantitative estimate of drug-likeness (QED) is 0.528. The first-order valence-corrected chi connectivity index (χ1v) is 10.8. The van der Waals surface area contributed by atoms with Crippen molar-refractivity contribution in [2.45, 2.75) is 67.0 Å². The molecular formula is C24H38F2N6O2S. The number of alkyl halides is 2. The number of rotatable bonds is 7. The highest BCUT2D eigenvalue weighted by atomic mass is 32.1. The number of ether oxygens (including phenoxy) is 1. The molecule has 8 nitrogen and oxygen atoms in total. The van der Waals surface area contributed by atoms with Crippen LogP contribution in [-0.2, 0) is 4.79 Å². The number of hydrogen-bond donors (Lipinski definition) is 2. The lowest BCUT2D eigenvalue weighted by molar-refractivity contribution is -0.118. The van der Waals surface area contributed by atoms with Gasteiger partial charge in [0, 0.05) is 13.1 Å². The van der Waals surface area contributed by atoms with E-state index in [1.807, 2.05) is 32.7 Å². The number of likely N-dealkylation sites (N-methyl/N-ethyl adjacent to an activating group) is 1. The summed E-state index contributed by atoms with van der Waals surface area (Å²) in [7, 11) is 1.89. The van der Waals surface area contributed by atoms with Gasteiger partial charge in [0.2, 0.25) is 11.9 Å². The van der Waals surface area contributed by atoms with Gasteiger partial charge in [0.25, 0.3) is 6.43 Å². The van der Waals surface area contributed by atoms with Gasteiger partial charge in [0.15, 0.2) is 5.82 Å². The predicted molar refractivity (Wildman–Crippen MR) is 141 cm³/mol. The van der Waals surface area contributed by atoms with Gasteiger partial charge in [-0.15, -0.1) is 0 Å². The monoisotopic (exact) mass is 512 g/mol. The highest BCUT2D eigenvalue weighted by Crippen LogP contribution is 2.36. The normalized spacial score (nSPS) is 20.5. The fraction of sp³-hybridized carbons (Fsp3) is 0.583. The second-order valence-corrected chi connectivity index (χ2v) is 8.83. The first-order valence-electron chi connectivity index (χ1n) is 10.8. The van der Waals surface area contributed by atoms with Gasteiger partial charge in [-0.2, -0.15) is 18.5 Å². The van der Waals surface area contributed by atoms with Crippen molar-refractivity contribution in [3.05, 3.63) is 29.7 Å². The third-order valence-electron chi connectivity index (χ3n) is 6.01. The molecule has 1 aliphatic heterocycles. The van der Waals surface area contributed by atoms with Gasteiger partial charge in [-0.25, -0.2) is 13.8 Å². The standard InChI is InChI=1S/C22H28F2N6O2.2CH4.H2S/c1-11(2)18-21(31)28-17-12(3)26-22(29-20(17)30(18)4)27-14-7-13(8-14)10-32-15-5-6-16(19(23)24)25-9-15;;;/h5-6,9,11,13-14,18-19H,7-8,10H2,1-4H3,(H,28,31)(H,26,27,29);2*1H4;1H2/t13?,14?,18-;;;/m0.../s1. The number of aryl methyl sites for hydroxylation is 1. The summed E-state index contributed by atoms with van der Waals surface area (Å²) >= 11 is 0. The van der Waals surface area contributed by atoms with Gasteiger partial charge < -0.3 is 20.3 Å². The lowest BCUT2D eigenvalue weighted by Crippen LogP contribution is -2.50. The van der Waals surface area contributed by atoms with Gasteiger partial charge in [-0.05, 0) is 43.7 Å². The number of fused-ring (bicyclic) bond motifs is 1. The highest BCUT2D eigenvalue weighted by Gasteiger charge is 2.36. The summed E-state index contributed by atoms with van der Waals surface area (Å²) in [5.74, 6) is 2.22. The van der Waals surface area contributed by atoms with Crippen LogP contribution in [0.25, 0.3) is 0 Å². The van der Waals surface area contributed by atoms with E-state index in [1.165, 1.54) is 18.3 Å². The molecule has 0 saturated heterocycles. The maximum absolute atomic E-state index is 12.6. The summed E-state index contributed by atoms with van der Waals surface area (Å²) in [6, 6.07) is 2.75. The van der Waals surface area contributed by atoms with E-state index >= 15 is 0 Å². The molecule has 1 aliphatic carbocycles. The van der Waals surface area contributed by atoms with Crippen LogP contribution in [0.4, 0.5) is 26.2 Å². The molecule has 1 fully saturated rings. The molecule has 0 radical (unpaired) electrons. The molecule has 3 heterocycles. The van der Waals surface area contributed by atoms with Crippen molar-refractivity contribution in [2.75, 3.05) is 29.2 Å². The molecule has 2 N–H and O–H groups in total. The van der Waals surface area contributed by atoms with E-state index < -0.39 is 6.43 Å². The zero-order chi connectivity index (χ0) is 23.0. The minimum Gasteiger partial charge on any atom is -0.492 e. The number of hydrogen-bond acceptors (Lipinski definition) is 7. The molecule has 1 atom stereocenters. The average Bonchev–Trinajstić information content (AvgIpc) is 2.70. The number of halogens is 2. The number of carbonyl (C=O) groups is 1. The molecule has 0 aromatic carbocycles. The van der Waals surface area contributed by atoms with Gasteiger partial charge in [0.1, 0.15) is 23.2 Å². The summed E-state index contributed by atoms with van der Waals surface area (Å²) in [6.07, 6.45) is 0.537.